The molecule has 51 heavy (non-hydrogen) atoms. The highest BCUT2D eigenvalue weighted by Crippen LogP contribution is 2.54. The minimum absolute atomic E-state index is 1.17. The van der Waals surface area contributed by atoms with Crippen molar-refractivity contribution >= 4 is 79.4 Å². The van der Waals surface area contributed by atoms with Crippen molar-refractivity contribution in [1.82, 2.24) is 4.57 Å². The van der Waals surface area contributed by atoms with Gasteiger partial charge in [-0.1, -0.05) is 138 Å². The first-order valence-electron chi connectivity index (χ1n) is 17.0. The molecule has 1 nitrogen and oxygen atoms in total. The molecule has 0 fully saturated rings. The first-order valence-corrected chi connectivity index (χ1v) is 20.2. The highest BCUT2D eigenvalue weighted by Gasteiger charge is 2.23. The number of fused-ring (bicyclic) bond motifs is 10. The minimum Gasteiger partial charge on any atom is -0.323 e. The molecule has 0 spiro atoms. The Bertz CT molecular complexity index is 2700. The largest absolute Gasteiger partial charge is 0.323 e. The Morgan fingerprint density at radius 3 is 1.24 bits per heavy atom. The van der Waals surface area contributed by atoms with E-state index < -0.39 is 0 Å². The first kappa shape index (κ1) is 29.9. The number of benzene rings is 8. The van der Waals surface area contributed by atoms with Gasteiger partial charge in [0.15, 0.2) is 0 Å². The van der Waals surface area contributed by atoms with E-state index in [4.69, 9.17) is 0 Å². The van der Waals surface area contributed by atoms with E-state index in [9.17, 15) is 0 Å². The summed E-state index contributed by atoms with van der Waals surface area (Å²) in [6.07, 6.45) is 4.62. The molecule has 0 radical (unpaired) electrons. The molecule has 0 amide bonds. The molecule has 0 saturated heterocycles. The molecule has 8 aromatic carbocycles. The monoisotopic (exact) mass is 721 g/mol. The molecule has 5 heteroatoms. The van der Waals surface area contributed by atoms with Gasteiger partial charge in [-0.25, -0.2) is 0 Å². The molecular weight excluding hydrogens is 695 g/mol. The predicted octanol–water partition coefficient (Wildman–Crippen LogP) is 14.5. The topological polar surface area (TPSA) is 4.93 Å². The van der Waals surface area contributed by atoms with Gasteiger partial charge in [0.05, 0.1) is 0 Å². The molecule has 240 valence electrons. The second-order valence-electron chi connectivity index (χ2n) is 12.9. The molecule has 1 aromatic heterocycles. The zero-order chi connectivity index (χ0) is 33.5. The third-order valence-electron chi connectivity index (χ3n) is 9.93. The van der Waals surface area contributed by atoms with Gasteiger partial charge < -0.3 is 4.57 Å². The molecule has 2 aliphatic rings. The Labute approximate surface area is 313 Å². The third-order valence-corrected chi connectivity index (χ3v) is 15.2. The van der Waals surface area contributed by atoms with Crippen LogP contribution >= 0.6 is 47.0 Å². The number of aromatic nitrogens is 1. The lowest BCUT2D eigenvalue weighted by Gasteiger charge is -2.22. The smallest absolute Gasteiger partial charge is 0.0449 e. The van der Waals surface area contributed by atoms with Gasteiger partial charge in [0.1, 0.15) is 0 Å². The van der Waals surface area contributed by atoms with Crippen molar-refractivity contribution in [2.24, 2.45) is 0 Å². The van der Waals surface area contributed by atoms with Crippen LogP contribution in [0.25, 0.3) is 60.3 Å². The number of hydrogen-bond acceptors (Lipinski definition) is 4. The van der Waals surface area contributed by atoms with Crippen LogP contribution < -0.4 is 0 Å². The highest BCUT2D eigenvalue weighted by molar-refractivity contribution is 8.05. The summed E-state index contributed by atoms with van der Waals surface area (Å²) >= 11 is 7.55. The van der Waals surface area contributed by atoms with Gasteiger partial charge in [0, 0.05) is 68.0 Å². The van der Waals surface area contributed by atoms with Gasteiger partial charge in [0.2, 0.25) is 0 Å². The van der Waals surface area contributed by atoms with Crippen molar-refractivity contribution in [3.63, 3.8) is 0 Å². The average molecular weight is 722 g/mol. The summed E-state index contributed by atoms with van der Waals surface area (Å²) in [5.41, 5.74) is 6.25. The van der Waals surface area contributed by atoms with Crippen LogP contribution in [0.4, 0.5) is 0 Å². The fourth-order valence-electron chi connectivity index (χ4n) is 7.52. The first-order chi connectivity index (χ1) is 25.2. The van der Waals surface area contributed by atoms with Crippen LogP contribution in [0.5, 0.6) is 0 Å². The van der Waals surface area contributed by atoms with Gasteiger partial charge >= 0.3 is 0 Å². The zero-order valence-corrected chi connectivity index (χ0v) is 30.4. The summed E-state index contributed by atoms with van der Waals surface area (Å²) in [5, 5.41) is 7.67. The van der Waals surface area contributed by atoms with Crippen LogP contribution in [-0.2, 0) is 0 Å². The quantitative estimate of drug-likeness (QED) is 0.167. The summed E-state index contributed by atoms with van der Waals surface area (Å²) in [4.78, 5) is 10.6. The highest BCUT2D eigenvalue weighted by atomic mass is 32.2. The molecule has 11 rings (SSSR count). The van der Waals surface area contributed by atoms with Crippen molar-refractivity contribution < 1.29 is 0 Å². The molecule has 0 saturated carbocycles. The molecule has 0 aliphatic carbocycles. The van der Waals surface area contributed by atoms with Crippen molar-refractivity contribution in [3.05, 3.63) is 164 Å². The molecule has 0 bridgehead atoms. The van der Waals surface area contributed by atoms with Crippen LogP contribution in [0.3, 0.4) is 0 Å². The van der Waals surface area contributed by atoms with E-state index in [2.05, 4.69) is 169 Å². The van der Waals surface area contributed by atoms with Gasteiger partial charge in [-0.3, -0.25) is 0 Å². The van der Waals surface area contributed by atoms with E-state index in [1.807, 2.05) is 47.0 Å². The van der Waals surface area contributed by atoms with Crippen LogP contribution in [0.2, 0.25) is 0 Å². The molecule has 2 aliphatic heterocycles. The summed E-state index contributed by atoms with van der Waals surface area (Å²) in [6, 6.07) is 56.0. The molecule has 9 aromatic rings. The number of nitrogens with zero attached hydrogens (tertiary/aromatic N) is 1. The SMILES string of the molecule is c1ccc(-n2cc3c4ccc(-c5cccc6c5Sc5ccccc5S6)cc4c4cc(-c5cccc6c5Sc5ccccc5S6)ccc4c3c2)cc1. The van der Waals surface area contributed by atoms with Crippen LogP contribution in [0.1, 0.15) is 0 Å². The van der Waals surface area contributed by atoms with Gasteiger partial charge in [0.25, 0.3) is 0 Å². The van der Waals surface area contributed by atoms with Gasteiger partial charge in [-0.05, 0) is 104 Å². The molecular formula is C46H27NS4. The standard InChI is InChI=1S/C46H27NS4/c1-2-10-30(11-3-1)47-26-37-33-22-20-28(31-12-8-18-43-45(31)50-41-16-6-4-14-39(41)48-43)24-35(33)36-25-29(21-23-34(36)38(37)27-47)32-13-9-19-44-46(32)51-42-17-7-5-15-40(42)49-44/h1-27H. The Balaban J connectivity index is 1.14. The maximum atomic E-state index is 2.45. The van der Waals surface area contributed by atoms with Crippen LogP contribution in [0.15, 0.2) is 203 Å². The molecule has 0 atom stereocenters. The Kier molecular flexibility index (Phi) is 6.97. The number of hydrogen-bond donors (Lipinski definition) is 0. The molecule has 3 heterocycles. The number of para-hydroxylation sites is 1. The fraction of sp³-hybridized carbons (Fsp3) is 0. The van der Waals surface area contributed by atoms with Crippen molar-refractivity contribution in [1.29, 1.82) is 0 Å². The normalized spacial score (nSPS) is 13.2. The van der Waals surface area contributed by atoms with Crippen molar-refractivity contribution in [2.45, 2.75) is 39.2 Å². The predicted molar refractivity (Wildman–Crippen MR) is 219 cm³/mol. The van der Waals surface area contributed by atoms with Gasteiger partial charge in [-0.15, -0.1) is 0 Å². The maximum Gasteiger partial charge on any atom is 0.0449 e. The summed E-state index contributed by atoms with van der Waals surface area (Å²) in [6.45, 7) is 0. The van der Waals surface area contributed by atoms with E-state index >= 15 is 0 Å². The summed E-state index contributed by atoms with van der Waals surface area (Å²) < 4.78 is 2.28. The second-order valence-corrected chi connectivity index (χ2v) is 17.2. The lowest BCUT2D eigenvalue weighted by Crippen LogP contribution is -1.93. The maximum absolute atomic E-state index is 2.45. The van der Waals surface area contributed by atoms with E-state index in [0.717, 1.165) is 0 Å². The zero-order valence-electron chi connectivity index (χ0n) is 27.2. The van der Waals surface area contributed by atoms with E-state index in [0.29, 0.717) is 0 Å². The van der Waals surface area contributed by atoms with E-state index in [1.54, 1.807) is 0 Å². The average Bonchev–Trinajstić information content (AvgIpc) is 3.65. The van der Waals surface area contributed by atoms with Gasteiger partial charge in [-0.2, -0.15) is 0 Å². The van der Waals surface area contributed by atoms with Crippen LogP contribution in [-0.4, -0.2) is 4.57 Å². The number of rotatable bonds is 3. The van der Waals surface area contributed by atoms with Crippen molar-refractivity contribution in [2.75, 3.05) is 0 Å². The summed E-state index contributed by atoms with van der Waals surface area (Å²) in [5.74, 6) is 0. The molecule has 0 N–H and O–H groups in total. The van der Waals surface area contributed by atoms with Crippen molar-refractivity contribution in [3.8, 4) is 27.9 Å². The fourth-order valence-corrected chi connectivity index (χ4v) is 12.3. The van der Waals surface area contributed by atoms with Crippen LogP contribution in [0, 0.1) is 0 Å². The lowest BCUT2D eigenvalue weighted by molar-refractivity contribution is 1.09. The lowest BCUT2D eigenvalue weighted by atomic mass is 9.92. The Morgan fingerprint density at radius 2 is 0.745 bits per heavy atom. The van der Waals surface area contributed by atoms with E-state index in [1.165, 1.54) is 99.4 Å². The summed E-state index contributed by atoms with van der Waals surface area (Å²) in [7, 11) is 0. The minimum atomic E-state index is 1.17. The Morgan fingerprint density at radius 1 is 0.314 bits per heavy atom. The third kappa shape index (κ3) is 4.91. The van der Waals surface area contributed by atoms with E-state index in [-0.39, 0.29) is 0 Å². The molecule has 0 unspecified atom stereocenters. The Hall–Kier alpha value is -4.78. The second kappa shape index (κ2) is 11.9.